The van der Waals surface area contributed by atoms with Crippen LogP contribution < -0.4 is 0 Å². The fourth-order valence-corrected chi connectivity index (χ4v) is 13.9. The first kappa shape index (κ1) is 45.2. The number of aromatic nitrogens is 8. The molecule has 0 amide bonds. The summed E-state index contributed by atoms with van der Waals surface area (Å²) < 4.78 is 18.1. The van der Waals surface area contributed by atoms with Crippen LogP contribution in [0.1, 0.15) is 0 Å². The first-order chi connectivity index (χ1) is 41.7. The van der Waals surface area contributed by atoms with Gasteiger partial charge in [0.05, 0.1) is 55.2 Å². The minimum atomic E-state index is 0.515. The monoisotopic (exact) mass is 1070 g/mol. The molecule has 0 fully saturated rings. The van der Waals surface area contributed by atoms with Gasteiger partial charge in [-0.1, -0.05) is 146 Å². The van der Waals surface area contributed by atoms with Crippen molar-refractivity contribution in [3.05, 3.63) is 267 Å². The molecule has 0 saturated carbocycles. The lowest BCUT2D eigenvalue weighted by Crippen LogP contribution is -2.10. The second kappa shape index (κ2) is 17.0. The van der Waals surface area contributed by atoms with Crippen LogP contribution in [0.2, 0.25) is 0 Å². The predicted molar refractivity (Wildman–Crippen MR) is 344 cm³/mol. The first-order valence-corrected chi connectivity index (χ1v) is 28.4. The Morgan fingerprint density at radius 2 is 0.548 bits per heavy atom. The summed E-state index contributed by atoms with van der Waals surface area (Å²) in [5, 5.41) is 13.6. The molecule has 0 bridgehead atoms. The minimum absolute atomic E-state index is 0.515. The number of hydrogen-bond donors (Lipinski definition) is 0. The molecule has 84 heavy (non-hydrogen) atoms. The van der Waals surface area contributed by atoms with Crippen LogP contribution in [0.3, 0.4) is 0 Å². The van der Waals surface area contributed by atoms with Crippen LogP contribution in [-0.2, 0) is 0 Å². The molecule has 9 nitrogen and oxygen atoms in total. The van der Waals surface area contributed by atoms with Gasteiger partial charge >= 0.3 is 0 Å². The van der Waals surface area contributed by atoms with Crippen molar-refractivity contribution in [3.8, 4) is 40.3 Å². The molecule has 0 aliphatic rings. The van der Waals surface area contributed by atoms with Gasteiger partial charge in [-0.05, 0) is 115 Å². The van der Waals surface area contributed by atoms with Crippen LogP contribution in [-0.4, -0.2) is 37.8 Å². The molecule has 19 rings (SSSR count). The summed E-state index contributed by atoms with van der Waals surface area (Å²) >= 11 is 0. The van der Waals surface area contributed by atoms with Gasteiger partial charge in [0.2, 0.25) is 11.9 Å². The highest BCUT2D eigenvalue weighted by molar-refractivity contribution is 6.21. The highest BCUT2D eigenvalue weighted by Crippen LogP contribution is 2.44. The summed E-state index contributed by atoms with van der Waals surface area (Å²) in [4.78, 5) is 16.9. The Balaban J connectivity index is 0.876. The minimum Gasteiger partial charge on any atom is -0.456 e. The molecular weight excluding hydrogens is 1030 g/mol. The number of hydrogen-bond acceptors (Lipinski definition) is 4. The van der Waals surface area contributed by atoms with Gasteiger partial charge in [-0.2, -0.15) is 15.0 Å². The van der Waals surface area contributed by atoms with E-state index in [1.165, 1.54) is 21.5 Å². The normalized spacial score (nSPS) is 12.3. The highest BCUT2D eigenvalue weighted by Gasteiger charge is 2.25. The molecule has 7 heterocycles. The first-order valence-electron chi connectivity index (χ1n) is 28.4. The Labute approximate surface area is 478 Å². The predicted octanol–water partition coefficient (Wildman–Crippen LogP) is 18.9. The maximum absolute atomic E-state index is 6.49. The maximum atomic E-state index is 6.49. The summed E-state index contributed by atoms with van der Waals surface area (Å²) in [7, 11) is 0. The summed E-state index contributed by atoms with van der Waals surface area (Å²) in [6, 6.07) is 95.5. The molecule has 0 aliphatic carbocycles. The maximum Gasteiger partial charge on any atom is 0.240 e. The van der Waals surface area contributed by atoms with Crippen molar-refractivity contribution in [3.63, 3.8) is 0 Å². The van der Waals surface area contributed by atoms with Gasteiger partial charge in [-0.25, -0.2) is 0 Å². The lowest BCUT2D eigenvalue weighted by atomic mass is 10.1. The van der Waals surface area contributed by atoms with E-state index < -0.39 is 0 Å². The molecule has 0 atom stereocenters. The van der Waals surface area contributed by atoms with Crippen molar-refractivity contribution in [1.29, 1.82) is 0 Å². The van der Waals surface area contributed by atoms with Crippen LogP contribution in [0.5, 0.6) is 0 Å². The van der Waals surface area contributed by atoms with E-state index in [1.54, 1.807) is 0 Å². The fourth-order valence-electron chi connectivity index (χ4n) is 13.9. The summed E-state index contributed by atoms with van der Waals surface area (Å²) in [6.45, 7) is 0. The van der Waals surface area contributed by atoms with E-state index in [0.29, 0.717) is 17.7 Å². The molecule has 390 valence electrons. The van der Waals surface area contributed by atoms with E-state index >= 15 is 0 Å². The van der Waals surface area contributed by atoms with Gasteiger partial charge in [0.25, 0.3) is 0 Å². The number of nitrogens with zero attached hydrogens (tertiary/aromatic N) is 8. The third kappa shape index (κ3) is 6.29. The molecule has 12 aromatic carbocycles. The zero-order valence-corrected chi connectivity index (χ0v) is 44.9. The van der Waals surface area contributed by atoms with Gasteiger partial charge in [0.15, 0.2) is 5.82 Å². The Bertz CT molecular complexity index is 5730. The van der Waals surface area contributed by atoms with Gasteiger partial charge < -0.3 is 18.1 Å². The van der Waals surface area contributed by atoms with Crippen LogP contribution in [0.4, 0.5) is 0 Å². The van der Waals surface area contributed by atoms with E-state index in [9.17, 15) is 0 Å². The zero-order valence-electron chi connectivity index (χ0n) is 44.9. The average molecular weight is 1070 g/mol. The molecule has 0 unspecified atom stereocenters. The Hall–Kier alpha value is -11.6. The third-order valence-electron chi connectivity index (χ3n) is 17.5. The van der Waals surface area contributed by atoms with Gasteiger partial charge in [-0.15, -0.1) is 0 Å². The van der Waals surface area contributed by atoms with Gasteiger partial charge in [0, 0.05) is 93.3 Å². The fraction of sp³-hybridized carbons (Fsp3) is 0. The number of fused-ring (bicyclic) bond motifs is 18. The third-order valence-corrected chi connectivity index (χ3v) is 17.5. The van der Waals surface area contributed by atoms with Gasteiger partial charge in [-0.3, -0.25) is 9.13 Å². The Morgan fingerprint density at radius 1 is 0.214 bits per heavy atom. The topological polar surface area (TPSA) is 76.5 Å². The van der Waals surface area contributed by atoms with Crippen molar-refractivity contribution >= 4 is 131 Å². The second-order valence-electron chi connectivity index (χ2n) is 22.0. The van der Waals surface area contributed by atoms with E-state index in [-0.39, 0.29) is 0 Å². The zero-order chi connectivity index (χ0) is 54.7. The average Bonchev–Trinajstić information content (AvgIpc) is 3.96. The van der Waals surface area contributed by atoms with Crippen LogP contribution in [0, 0.1) is 0 Å². The van der Waals surface area contributed by atoms with E-state index in [4.69, 9.17) is 19.4 Å². The molecule has 7 aromatic heterocycles. The molecule has 19 aromatic rings. The quantitative estimate of drug-likeness (QED) is 0.166. The van der Waals surface area contributed by atoms with Crippen LogP contribution in [0.25, 0.3) is 171 Å². The largest absolute Gasteiger partial charge is 0.456 e. The van der Waals surface area contributed by atoms with Crippen molar-refractivity contribution in [1.82, 2.24) is 37.8 Å². The van der Waals surface area contributed by atoms with Crippen LogP contribution >= 0.6 is 0 Å². The standard InChI is InChI=1S/C75H44N8O/c1-3-19-46(20-4-1)79-62-30-14-8-24-50(62)56-42-68-58(40-66(56)79)52-26-10-16-32-64(52)82(68)74-76-73(45-35-37-48(38-36-45)81-61-29-13-7-23-49(61)55-39-60-54-28-12-18-34-71(54)84-72(60)44-70(55)81)77-75(78-74)83-65-33-17-11-27-53(65)59-41-67-57(43-69(59)83)51-25-9-15-31-63(51)80(67)47-21-5-2-6-22-47/h1-44H. The van der Waals surface area contributed by atoms with E-state index in [2.05, 4.69) is 278 Å². The summed E-state index contributed by atoms with van der Waals surface area (Å²) in [5.74, 6) is 1.58. The second-order valence-corrected chi connectivity index (χ2v) is 22.0. The van der Waals surface area contributed by atoms with E-state index in [1.807, 2.05) is 12.1 Å². The lowest BCUT2D eigenvalue weighted by Gasteiger charge is -2.13. The number of rotatable bonds is 6. The Morgan fingerprint density at radius 3 is 0.988 bits per heavy atom. The highest BCUT2D eigenvalue weighted by atomic mass is 16.3. The summed E-state index contributed by atoms with van der Waals surface area (Å²) in [5.41, 5.74) is 16.6. The van der Waals surface area contributed by atoms with Crippen LogP contribution in [0.15, 0.2) is 271 Å². The molecular formula is C75H44N8O. The van der Waals surface area contributed by atoms with Crippen molar-refractivity contribution < 1.29 is 4.42 Å². The number of para-hydroxylation sites is 8. The number of furan rings is 1. The molecule has 0 aliphatic heterocycles. The number of benzene rings is 12. The van der Waals surface area contributed by atoms with E-state index in [0.717, 1.165) is 132 Å². The molecule has 0 radical (unpaired) electrons. The SMILES string of the molecule is c1ccc(-n2c3ccccc3c3cc4c(cc32)c2ccccc2n4-c2nc(-c3ccc(-n4c5ccccc5c5cc6c(cc54)oc4ccccc46)cc3)nc(-n3c4ccccc4c4cc5c(cc43)c3ccccc3n5-c3ccccc3)n2)cc1. The Kier molecular flexibility index (Phi) is 9.15. The molecule has 0 saturated heterocycles. The van der Waals surface area contributed by atoms with Gasteiger partial charge in [0.1, 0.15) is 11.2 Å². The van der Waals surface area contributed by atoms with Crippen molar-refractivity contribution in [2.24, 2.45) is 0 Å². The molecule has 9 heteroatoms. The van der Waals surface area contributed by atoms with Crippen molar-refractivity contribution in [2.45, 2.75) is 0 Å². The smallest absolute Gasteiger partial charge is 0.240 e. The molecule has 0 N–H and O–H groups in total. The van der Waals surface area contributed by atoms with Crippen molar-refractivity contribution in [2.75, 3.05) is 0 Å². The lowest BCUT2D eigenvalue weighted by molar-refractivity contribution is 0.669. The molecule has 0 spiro atoms. The summed E-state index contributed by atoms with van der Waals surface area (Å²) in [6.07, 6.45) is 0.